The van der Waals surface area contributed by atoms with Crippen molar-refractivity contribution in [1.29, 1.82) is 0 Å². The van der Waals surface area contributed by atoms with Gasteiger partial charge in [-0.3, -0.25) is 0 Å². The molecule has 1 aromatic carbocycles. The number of anilines is 1. The van der Waals surface area contributed by atoms with Crippen molar-refractivity contribution in [2.45, 2.75) is 26.3 Å². The van der Waals surface area contributed by atoms with Gasteiger partial charge in [-0.2, -0.15) is 4.98 Å². The topological polar surface area (TPSA) is 73.1 Å². The number of aromatic nitrogens is 2. The van der Waals surface area contributed by atoms with Crippen molar-refractivity contribution in [1.82, 2.24) is 9.97 Å². The summed E-state index contributed by atoms with van der Waals surface area (Å²) in [5, 5.41) is 3.27. The molecule has 0 amide bonds. The summed E-state index contributed by atoms with van der Waals surface area (Å²) in [6.07, 6.45) is 0.830. The zero-order valence-corrected chi connectivity index (χ0v) is 12.5. The smallest absolute Gasteiger partial charge is 0.218 e. The van der Waals surface area contributed by atoms with E-state index in [1.165, 1.54) is 0 Å². The molecule has 5 heteroatoms. The van der Waals surface area contributed by atoms with Gasteiger partial charge < -0.3 is 15.8 Å². The Bertz CT molecular complexity index is 559. The second kappa shape index (κ2) is 7.59. The summed E-state index contributed by atoms with van der Waals surface area (Å²) >= 11 is 0. The first-order valence-corrected chi connectivity index (χ1v) is 7.22. The SMILES string of the molecule is CCOc1cc(NCCC(N)c2ccccc2)nc(C)n1. The summed E-state index contributed by atoms with van der Waals surface area (Å²) in [6, 6.07) is 11.9. The Labute approximate surface area is 125 Å². The number of nitrogens with zero attached hydrogens (tertiary/aromatic N) is 2. The second-order valence-corrected chi connectivity index (χ2v) is 4.80. The van der Waals surface area contributed by atoms with Gasteiger partial charge in [0.05, 0.1) is 6.61 Å². The number of aryl methyl sites for hydroxylation is 1. The van der Waals surface area contributed by atoms with Crippen molar-refractivity contribution < 1.29 is 4.74 Å². The van der Waals surface area contributed by atoms with Crippen LogP contribution in [0.25, 0.3) is 0 Å². The highest BCUT2D eigenvalue weighted by atomic mass is 16.5. The molecule has 1 atom stereocenters. The lowest BCUT2D eigenvalue weighted by Gasteiger charge is -2.13. The van der Waals surface area contributed by atoms with Crippen LogP contribution in [0, 0.1) is 6.92 Å². The molecule has 0 saturated heterocycles. The molecule has 21 heavy (non-hydrogen) atoms. The molecule has 0 bridgehead atoms. The first-order valence-electron chi connectivity index (χ1n) is 7.22. The van der Waals surface area contributed by atoms with Crippen LogP contribution in [0.3, 0.4) is 0 Å². The minimum absolute atomic E-state index is 0.0213. The van der Waals surface area contributed by atoms with Crippen LogP contribution >= 0.6 is 0 Å². The lowest BCUT2D eigenvalue weighted by molar-refractivity contribution is 0.325. The van der Waals surface area contributed by atoms with E-state index in [2.05, 4.69) is 15.3 Å². The van der Waals surface area contributed by atoms with Crippen LogP contribution in [0.2, 0.25) is 0 Å². The summed E-state index contributed by atoms with van der Waals surface area (Å²) in [4.78, 5) is 8.56. The Morgan fingerprint density at radius 3 is 2.71 bits per heavy atom. The van der Waals surface area contributed by atoms with Crippen molar-refractivity contribution in [2.24, 2.45) is 5.73 Å². The Hall–Kier alpha value is -2.14. The Morgan fingerprint density at radius 1 is 1.24 bits per heavy atom. The maximum atomic E-state index is 6.17. The number of hydrogen-bond donors (Lipinski definition) is 2. The van der Waals surface area contributed by atoms with E-state index >= 15 is 0 Å². The van der Waals surface area contributed by atoms with E-state index in [4.69, 9.17) is 10.5 Å². The predicted octanol–water partition coefficient (Wildman–Crippen LogP) is 2.69. The number of ether oxygens (including phenoxy) is 1. The highest BCUT2D eigenvalue weighted by Crippen LogP contribution is 2.16. The number of hydrogen-bond acceptors (Lipinski definition) is 5. The quantitative estimate of drug-likeness (QED) is 0.818. The van der Waals surface area contributed by atoms with E-state index < -0.39 is 0 Å². The van der Waals surface area contributed by atoms with Gasteiger partial charge in [-0.1, -0.05) is 30.3 Å². The molecule has 1 aromatic heterocycles. The fourth-order valence-electron chi connectivity index (χ4n) is 2.08. The fourth-order valence-corrected chi connectivity index (χ4v) is 2.08. The summed E-state index contributed by atoms with van der Waals surface area (Å²) < 4.78 is 5.41. The van der Waals surface area contributed by atoms with Crippen LogP contribution in [0.4, 0.5) is 5.82 Å². The number of nitrogens with two attached hydrogens (primary N) is 1. The maximum absolute atomic E-state index is 6.17. The molecule has 0 spiro atoms. The van der Waals surface area contributed by atoms with Crippen LogP contribution in [0.15, 0.2) is 36.4 Å². The molecule has 5 nitrogen and oxygen atoms in total. The van der Waals surface area contributed by atoms with Crippen molar-refractivity contribution in [3.8, 4) is 5.88 Å². The lowest BCUT2D eigenvalue weighted by Crippen LogP contribution is -2.16. The predicted molar refractivity (Wildman–Crippen MR) is 84.4 cm³/mol. The molecule has 0 aliphatic carbocycles. The summed E-state index contributed by atoms with van der Waals surface area (Å²) in [6.45, 7) is 5.12. The Kier molecular flexibility index (Phi) is 5.51. The van der Waals surface area contributed by atoms with E-state index in [1.54, 1.807) is 0 Å². The molecular weight excluding hydrogens is 264 g/mol. The normalized spacial score (nSPS) is 12.0. The van der Waals surface area contributed by atoms with E-state index in [-0.39, 0.29) is 6.04 Å². The monoisotopic (exact) mass is 286 g/mol. The first kappa shape index (κ1) is 15.3. The molecule has 112 valence electrons. The van der Waals surface area contributed by atoms with Gasteiger partial charge in [-0.25, -0.2) is 4.98 Å². The number of nitrogens with one attached hydrogen (secondary N) is 1. The van der Waals surface area contributed by atoms with Gasteiger partial charge >= 0.3 is 0 Å². The third-order valence-corrected chi connectivity index (χ3v) is 3.10. The van der Waals surface area contributed by atoms with E-state index in [0.717, 1.165) is 24.3 Å². The zero-order chi connectivity index (χ0) is 15.1. The molecule has 0 radical (unpaired) electrons. The van der Waals surface area contributed by atoms with Gasteiger partial charge in [-0.15, -0.1) is 0 Å². The highest BCUT2D eigenvalue weighted by molar-refractivity contribution is 5.38. The van der Waals surface area contributed by atoms with Gasteiger partial charge in [0.2, 0.25) is 5.88 Å². The van der Waals surface area contributed by atoms with Gasteiger partial charge in [0.15, 0.2) is 0 Å². The van der Waals surface area contributed by atoms with Crippen molar-refractivity contribution in [3.63, 3.8) is 0 Å². The zero-order valence-electron chi connectivity index (χ0n) is 12.5. The van der Waals surface area contributed by atoms with Crippen LogP contribution in [0.1, 0.15) is 30.8 Å². The largest absolute Gasteiger partial charge is 0.478 e. The first-order chi connectivity index (χ1) is 10.2. The minimum Gasteiger partial charge on any atom is -0.478 e. The van der Waals surface area contributed by atoms with E-state index in [1.807, 2.05) is 50.2 Å². The highest BCUT2D eigenvalue weighted by Gasteiger charge is 2.06. The summed E-state index contributed by atoms with van der Waals surface area (Å²) in [5.74, 6) is 2.06. The fraction of sp³-hybridized carbons (Fsp3) is 0.375. The molecule has 0 saturated carbocycles. The van der Waals surface area contributed by atoms with Crippen molar-refractivity contribution >= 4 is 5.82 Å². The molecule has 2 rings (SSSR count). The standard InChI is InChI=1S/C16H22N4O/c1-3-21-16-11-15(19-12(2)20-16)18-10-9-14(17)13-7-5-4-6-8-13/h4-8,11,14H,3,9-10,17H2,1-2H3,(H,18,19,20). The third-order valence-electron chi connectivity index (χ3n) is 3.10. The average molecular weight is 286 g/mol. The van der Waals surface area contributed by atoms with Gasteiger partial charge in [0.1, 0.15) is 11.6 Å². The van der Waals surface area contributed by atoms with Crippen molar-refractivity contribution in [2.75, 3.05) is 18.5 Å². The van der Waals surface area contributed by atoms with Gasteiger partial charge in [0, 0.05) is 18.7 Å². The van der Waals surface area contributed by atoms with Crippen LogP contribution in [-0.2, 0) is 0 Å². The molecule has 0 aliphatic heterocycles. The maximum Gasteiger partial charge on any atom is 0.218 e. The average Bonchev–Trinajstić information content (AvgIpc) is 2.48. The third kappa shape index (κ3) is 4.72. The number of benzene rings is 1. The molecule has 3 N–H and O–H groups in total. The molecule has 2 aromatic rings. The molecule has 0 fully saturated rings. The molecular formula is C16H22N4O. The van der Waals surface area contributed by atoms with E-state index in [9.17, 15) is 0 Å². The van der Waals surface area contributed by atoms with E-state index in [0.29, 0.717) is 18.3 Å². The van der Waals surface area contributed by atoms with Gasteiger partial charge in [0.25, 0.3) is 0 Å². The van der Waals surface area contributed by atoms with Gasteiger partial charge in [-0.05, 0) is 25.8 Å². The Morgan fingerprint density at radius 2 is 2.00 bits per heavy atom. The van der Waals surface area contributed by atoms with Crippen molar-refractivity contribution in [3.05, 3.63) is 47.8 Å². The van der Waals surface area contributed by atoms with Crippen LogP contribution in [0.5, 0.6) is 5.88 Å². The minimum atomic E-state index is 0.0213. The number of rotatable bonds is 7. The van der Waals surface area contributed by atoms with Crippen LogP contribution in [-0.4, -0.2) is 23.1 Å². The lowest BCUT2D eigenvalue weighted by atomic mass is 10.1. The Balaban J connectivity index is 1.88. The second-order valence-electron chi connectivity index (χ2n) is 4.80. The summed E-state index contributed by atoms with van der Waals surface area (Å²) in [5.41, 5.74) is 7.32. The molecule has 0 aliphatic rings. The summed E-state index contributed by atoms with van der Waals surface area (Å²) in [7, 11) is 0. The molecule has 1 unspecified atom stereocenters. The van der Waals surface area contributed by atoms with Crippen LogP contribution < -0.4 is 15.8 Å². The molecule has 1 heterocycles.